The lowest BCUT2D eigenvalue weighted by atomic mass is 10.4. The van der Waals surface area contributed by atoms with Gasteiger partial charge in [-0.05, 0) is 51.2 Å². The quantitative estimate of drug-likeness (QED) is 0.594. The summed E-state index contributed by atoms with van der Waals surface area (Å²) in [7, 11) is -1.36. The third-order valence-electron chi connectivity index (χ3n) is 3.20. The highest BCUT2D eigenvalue weighted by molar-refractivity contribution is 9.58. The van der Waals surface area contributed by atoms with Gasteiger partial charge in [-0.25, -0.2) is 0 Å². The molecule has 0 unspecified atom stereocenters. The highest BCUT2D eigenvalue weighted by Gasteiger charge is 2.27. The van der Waals surface area contributed by atoms with E-state index in [1.807, 2.05) is 0 Å². The van der Waals surface area contributed by atoms with Gasteiger partial charge in [-0.15, -0.1) is 8.46 Å². The second-order valence-corrected chi connectivity index (χ2v) is 9.88. The molecule has 0 aliphatic carbocycles. The second kappa shape index (κ2) is 6.94. The van der Waals surface area contributed by atoms with Gasteiger partial charge in [0.2, 0.25) is 0 Å². The third kappa shape index (κ3) is 3.05. The Labute approximate surface area is 134 Å². The number of rotatable bonds is 3. The van der Waals surface area contributed by atoms with E-state index in [0.717, 1.165) is 0 Å². The van der Waals surface area contributed by atoms with Gasteiger partial charge < -0.3 is 5.48 Å². The van der Waals surface area contributed by atoms with Crippen LogP contribution in [-0.4, -0.2) is 5.48 Å². The molecule has 0 atom stereocenters. The first kappa shape index (κ1) is 15.8. The van der Waals surface area contributed by atoms with Gasteiger partial charge in [0.05, 0.1) is 0 Å². The molecule has 0 saturated carbocycles. The normalized spacial score (nSPS) is 11.5. The summed E-state index contributed by atoms with van der Waals surface area (Å²) in [6.45, 7) is 0. The Bertz CT molecular complexity index is 575. The molecule has 0 amide bonds. The first-order valence-corrected chi connectivity index (χ1v) is 9.97. The van der Waals surface area contributed by atoms with E-state index < -0.39 is 8.46 Å². The molecule has 0 heterocycles. The van der Waals surface area contributed by atoms with Crippen molar-refractivity contribution in [2.45, 2.75) is 14.7 Å². The van der Waals surface area contributed by atoms with Crippen LogP contribution in [0.4, 0.5) is 0 Å². The van der Waals surface area contributed by atoms with Gasteiger partial charge in [0.1, 0.15) is 0 Å². The minimum atomic E-state index is -1.36. The Kier molecular flexibility index (Phi) is 5.23. The van der Waals surface area contributed by atoms with E-state index in [9.17, 15) is 0 Å². The highest BCUT2D eigenvalue weighted by Crippen LogP contribution is 2.73. The molecule has 0 spiro atoms. The summed E-state index contributed by atoms with van der Waals surface area (Å²) in [6, 6.07) is 32.0. The van der Waals surface area contributed by atoms with Crippen LogP contribution < -0.4 is 0 Å². The lowest BCUT2D eigenvalue weighted by Crippen LogP contribution is -1.95. The molecule has 0 fully saturated rings. The summed E-state index contributed by atoms with van der Waals surface area (Å²) in [4.78, 5) is 3.95. The number of benzene rings is 3. The summed E-state index contributed by atoms with van der Waals surface area (Å²) >= 11 is 4.09. The van der Waals surface area contributed by atoms with E-state index >= 15 is 0 Å². The van der Waals surface area contributed by atoms with Gasteiger partial charge in [0.15, 0.2) is 0 Å². The largest absolute Gasteiger partial charge is 0.412 e. The Morgan fingerprint density at radius 2 is 0.714 bits per heavy atom. The molecular formula is C18H17BrOS. The molecule has 3 aromatic carbocycles. The molecule has 21 heavy (non-hydrogen) atoms. The van der Waals surface area contributed by atoms with Gasteiger partial charge in [0, 0.05) is 14.7 Å². The van der Waals surface area contributed by atoms with Crippen LogP contribution in [0.2, 0.25) is 0 Å². The lowest BCUT2D eigenvalue weighted by molar-refractivity contribution is 0.824. The molecule has 2 N–H and O–H groups in total. The zero-order valence-electron chi connectivity index (χ0n) is 11.4. The van der Waals surface area contributed by atoms with Gasteiger partial charge in [-0.1, -0.05) is 54.6 Å². The van der Waals surface area contributed by atoms with Crippen LogP contribution in [0.5, 0.6) is 0 Å². The standard InChI is InChI=1S/C18H15BrS.H2O/c19-20(16-10-4-1-5-11-16,17-12-6-2-7-13-17)18-14-8-3-9-15-18;/h1-15H;1H2. The van der Waals surface area contributed by atoms with Gasteiger partial charge in [0.25, 0.3) is 0 Å². The maximum Gasteiger partial charge on any atom is 0.00783 e. The molecule has 1 nitrogen and oxygen atoms in total. The topological polar surface area (TPSA) is 31.5 Å². The maximum atomic E-state index is 4.09. The summed E-state index contributed by atoms with van der Waals surface area (Å²) in [5.74, 6) is 0. The van der Waals surface area contributed by atoms with Crippen LogP contribution in [0, 0.1) is 0 Å². The van der Waals surface area contributed by atoms with Crippen LogP contribution in [0.3, 0.4) is 0 Å². The molecule has 0 aliphatic heterocycles. The first-order valence-electron chi connectivity index (χ1n) is 6.50. The monoisotopic (exact) mass is 360 g/mol. The summed E-state index contributed by atoms with van der Waals surface area (Å²) < 4.78 is 0. The highest BCUT2D eigenvalue weighted by atomic mass is 79.9. The molecule has 0 aliphatic rings. The molecule has 0 saturated heterocycles. The van der Waals surface area contributed by atoms with Crippen LogP contribution >= 0.6 is 23.3 Å². The van der Waals surface area contributed by atoms with Crippen molar-refractivity contribution in [2.75, 3.05) is 0 Å². The predicted molar refractivity (Wildman–Crippen MR) is 94.3 cm³/mol. The van der Waals surface area contributed by atoms with Crippen molar-refractivity contribution in [2.24, 2.45) is 0 Å². The van der Waals surface area contributed by atoms with Gasteiger partial charge in [-0.3, -0.25) is 0 Å². The van der Waals surface area contributed by atoms with Crippen molar-refractivity contribution >= 4 is 23.3 Å². The molecular weight excluding hydrogens is 344 g/mol. The molecule has 108 valence electrons. The number of hydrogen-bond donors (Lipinski definition) is 0. The molecule has 3 rings (SSSR count). The Balaban J connectivity index is 0.00000161. The van der Waals surface area contributed by atoms with Crippen molar-refractivity contribution < 1.29 is 5.48 Å². The van der Waals surface area contributed by atoms with E-state index in [4.69, 9.17) is 0 Å². The Morgan fingerprint density at radius 3 is 0.952 bits per heavy atom. The summed E-state index contributed by atoms with van der Waals surface area (Å²) in [5.41, 5.74) is 0. The maximum absolute atomic E-state index is 4.09. The second-order valence-electron chi connectivity index (χ2n) is 4.48. The minimum absolute atomic E-state index is 0. The van der Waals surface area contributed by atoms with Crippen LogP contribution in [0.25, 0.3) is 0 Å². The van der Waals surface area contributed by atoms with Crippen LogP contribution in [0.1, 0.15) is 0 Å². The Hall–Kier alpha value is -1.55. The smallest absolute Gasteiger partial charge is 0.00783 e. The zero-order chi connectivity index (χ0) is 13.8. The Morgan fingerprint density at radius 1 is 0.476 bits per heavy atom. The molecule has 0 bridgehead atoms. The van der Waals surface area contributed by atoms with Crippen molar-refractivity contribution in [1.82, 2.24) is 0 Å². The third-order valence-corrected chi connectivity index (χ3v) is 9.33. The fraction of sp³-hybridized carbons (Fsp3) is 0. The van der Waals surface area contributed by atoms with Crippen molar-refractivity contribution in [3.8, 4) is 0 Å². The van der Waals surface area contributed by atoms with Gasteiger partial charge >= 0.3 is 0 Å². The molecule has 0 radical (unpaired) electrons. The summed E-state index contributed by atoms with van der Waals surface area (Å²) in [6.07, 6.45) is 0. The van der Waals surface area contributed by atoms with Crippen molar-refractivity contribution in [3.63, 3.8) is 0 Å². The van der Waals surface area contributed by atoms with Crippen molar-refractivity contribution in [1.29, 1.82) is 0 Å². The van der Waals surface area contributed by atoms with Crippen LogP contribution in [-0.2, 0) is 0 Å². The van der Waals surface area contributed by atoms with Crippen molar-refractivity contribution in [3.05, 3.63) is 91.0 Å². The predicted octanol–water partition coefficient (Wildman–Crippen LogP) is 5.45. The van der Waals surface area contributed by atoms with E-state index in [1.54, 1.807) is 0 Å². The van der Waals surface area contributed by atoms with E-state index in [1.165, 1.54) is 14.7 Å². The van der Waals surface area contributed by atoms with E-state index in [2.05, 4.69) is 106 Å². The SMILES string of the molecule is BrS(c1ccccc1)(c1ccccc1)c1ccccc1.O. The molecule has 3 heteroatoms. The average Bonchev–Trinajstić information content (AvgIpc) is 2.56. The van der Waals surface area contributed by atoms with Gasteiger partial charge in [-0.2, -0.15) is 0 Å². The minimum Gasteiger partial charge on any atom is -0.412 e. The number of halogens is 1. The molecule has 3 aromatic rings. The fourth-order valence-electron chi connectivity index (χ4n) is 2.23. The molecule has 0 aromatic heterocycles. The number of hydrogen-bond acceptors (Lipinski definition) is 0. The fourth-order valence-corrected chi connectivity index (χ4v) is 6.59. The average molecular weight is 361 g/mol. The zero-order valence-corrected chi connectivity index (χ0v) is 13.8. The first-order chi connectivity index (χ1) is 9.82. The van der Waals surface area contributed by atoms with E-state index in [0.29, 0.717) is 0 Å². The van der Waals surface area contributed by atoms with Crippen LogP contribution in [0.15, 0.2) is 106 Å². The lowest BCUT2D eigenvalue weighted by Gasteiger charge is -2.34. The summed E-state index contributed by atoms with van der Waals surface area (Å²) in [5, 5.41) is 0. The van der Waals surface area contributed by atoms with E-state index in [-0.39, 0.29) is 5.48 Å².